The molecule has 0 spiro atoms. The van der Waals surface area contributed by atoms with E-state index in [-0.39, 0.29) is 24.2 Å². The van der Waals surface area contributed by atoms with Crippen molar-refractivity contribution >= 4 is 17.5 Å². The van der Waals surface area contributed by atoms with Gasteiger partial charge in [0.05, 0.1) is 5.92 Å². The minimum Gasteiger partial charge on any atom is -0.338 e. The lowest BCUT2D eigenvalue weighted by Gasteiger charge is -2.17. The van der Waals surface area contributed by atoms with Crippen molar-refractivity contribution < 1.29 is 9.59 Å². The number of nitrogens with zero attached hydrogens (tertiary/aromatic N) is 1. The van der Waals surface area contributed by atoms with E-state index in [2.05, 4.69) is 5.32 Å². The molecule has 3 rings (SSSR count). The van der Waals surface area contributed by atoms with E-state index in [1.165, 1.54) is 5.56 Å². The van der Waals surface area contributed by atoms with Crippen LogP contribution in [0.3, 0.4) is 0 Å². The smallest absolute Gasteiger partial charge is 0.229 e. The van der Waals surface area contributed by atoms with Crippen LogP contribution in [-0.4, -0.2) is 23.3 Å². The highest BCUT2D eigenvalue weighted by atomic mass is 16.2. The summed E-state index contributed by atoms with van der Waals surface area (Å²) in [6.45, 7) is 5.06. The Morgan fingerprint density at radius 1 is 1.12 bits per heavy atom. The Balaban J connectivity index is 1.61. The molecule has 4 heteroatoms. The summed E-state index contributed by atoms with van der Waals surface area (Å²) in [4.78, 5) is 26.4. The van der Waals surface area contributed by atoms with Crippen LogP contribution in [-0.2, 0) is 16.1 Å². The molecule has 4 nitrogen and oxygen atoms in total. The lowest BCUT2D eigenvalue weighted by atomic mass is 10.1. The first-order valence-electron chi connectivity index (χ1n) is 8.22. The minimum atomic E-state index is -0.288. The Morgan fingerprint density at radius 2 is 1.88 bits per heavy atom. The second-order valence-corrected chi connectivity index (χ2v) is 6.52. The topological polar surface area (TPSA) is 49.4 Å². The molecule has 0 aliphatic carbocycles. The molecule has 1 saturated heterocycles. The van der Waals surface area contributed by atoms with E-state index < -0.39 is 0 Å². The quantitative estimate of drug-likeness (QED) is 0.939. The van der Waals surface area contributed by atoms with Crippen LogP contribution in [0.5, 0.6) is 0 Å². The zero-order valence-electron chi connectivity index (χ0n) is 14.1. The van der Waals surface area contributed by atoms with Crippen molar-refractivity contribution in [2.45, 2.75) is 26.8 Å². The summed E-state index contributed by atoms with van der Waals surface area (Å²) in [6, 6.07) is 15.8. The van der Waals surface area contributed by atoms with Crippen molar-refractivity contribution in [1.29, 1.82) is 0 Å². The maximum absolute atomic E-state index is 12.4. The number of anilines is 1. The van der Waals surface area contributed by atoms with Crippen molar-refractivity contribution in [3.8, 4) is 0 Å². The molecule has 2 amide bonds. The molecule has 0 bridgehead atoms. The van der Waals surface area contributed by atoms with Crippen LogP contribution in [0.25, 0.3) is 0 Å². The Bertz CT molecular complexity index is 752. The lowest BCUT2D eigenvalue weighted by molar-refractivity contribution is -0.128. The Hall–Kier alpha value is -2.62. The molecule has 0 radical (unpaired) electrons. The van der Waals surface area contributed by atoms with Crippen molar-refractivity contribution in [2.75, 3.05) is 11.9 Å². The standard InChI is InChI=1S/C20H22N2O2/c1-14-6-8-16(9-7-14)12-22-13-17(11-19(22)23)20(24)21-18-5-3-4-15(2)10-18/h3-10,17H,11-13H2,1-2H3,(H,21,24)/t17-/m0/s1. The van der Waals surface area contributed by atoms with Crippen molar-refractivity contribution in [1.82, 2.24) is 4.90 Å². The monoisotopic (exact) mass is 322 g/mol. The van der Waals surface area contributed by atoms with E-state index in [9.17, 15) is 9.59 Å². The highest BCUT2D eigenvalue weighted by molar-refractivity contribution is 5.97. The van der Waals surface area contributed by atoms with Crippen LogP contribution in [0.2, 0.25) is 0 Å². The largest absolute Gasteiger partial charge is 0.338 e. The predicted octanol–water partition coefficient (Wildman–Crippen LogP) is 3.29. The first-order valence-corrected chi connectivity index (χ1v) is 8.22. The number of carbonyl (C=O) groups excluding carboxylic acids is 2. The SMILES string of the molecule is Cc1ccc(CN2C[C@@H](C(=O)Nc3cccc(C)c3)CC2=O)cc1. The molecule has 2 aromatic rings. The van der Waals surface area contributed by atoms with E-state index in [0.29, 0.717) is 13.1 Å². The maximum Gasteiger partial charge on any atom is 0.229 e. The van der Waals surface area contributed by atoms with Crippen molar-refractivity contribution in [3.05, 3.63) is 65.2 Å². The van der Waals surface area contributed by atoms with Crippen LogP contribution >= 0.6 is 0 Å². The van der Waals surface area contributed by atoms with Gasteiger partial charge >= 0.3 is 0 Å². The summed E-state index contributed by atoms with van der Waals surface area (Å²) in [6.07, 6.45) is 0.281. The predicted molar refractivity (Wildman–Crippen MR) is 94.5 cm³/mol. The fraction of sp³-hybridized carbons (Fsp3) is 0.300. The third-order valence-electron chi connectivity index (χ3n) is 4.36. The lowest BCUT2D eigenvalue weighted by Crippen LogP contribution is -2.28. The van der Waals surface area contributed by atoms with Crippen LogP contribution < -0.4 is 5.32 Å². The third-order valence-corrected chi connectivity index (χ3v) is 4.36. The van der Waals surface area contributed by atoms with Gasteiger partial charge in [0.25, 0.3) is 0 Å². The first kappa shape index (κ1) is 16.2. The van der Waals surface area contributed by atoms with Gasteiger partial charge in [0.2, 0.25) is 11.8 Å². The summed E-state index contributed by atoms with van der Waals surface area (Å²) < 4.78 is 0. The molecule has 1 heterocycles. The van der Waals surface area contributed by atoms with E-state index >= 15 is 0 Å². The number of amides is 2. The first-order chi connectivity index (χ1) is 11.5. The van der Waals surface area contributed by atoms with E-state index in [1.807, 2.05) is 62.4 Å². The van der Waals surface area contributed by atoms with Crippen LogP contribution in [0.4, 0.5) is 5.69 Å². The zero-order valence-corrected chi connectivity index (χ0v) is 14.1. The molecule has 0 aromatic heterocycles. The average Bonchev–Trinajstić information content (AvgIpc) is 2.91. The molecule has 0 unspecified atom stereocenters. The van der Waals surface area contributed by atoms with Gasteiger partial charge in [-0.15, -0.1) is 0 Å². The van der Waals surface area contributed by atoms with Gasteiger partial charge in [-0.1, -0.05) is 42.0 Å². The summed E-state index contributed by atoms with van der Waals surface area (Å²) in [5.41, 5.74) is 4.16. The maximum atomic E-state index is 12.4. The number of nitrogens with one attached hydrogen (secondary N) is 1. The number of hydrogen-bond acceptors (Lipinski definition) is 2. The van der Waals surface area contributed by atoms with E-state index in [4.69, 9.17) is 0 Å². The second kappa shape index (κ2) is 6.87. The van der Waals surface area contributed by atoms with Gasteiger partial charge in [-0.3, -0.25) is 9.59 Å². The zero-order chi connectivity index (χ0) is 17.1. The second-order valence-electron chi connectivity index (χ2n) is 6.52. The summed E-state index contributed by atoms with van der Waals surface area (Å²) in [7, 11) is 0. The van der Waals surface area contributed by atoms with Gasteiger partial charge < -0.3 is 10.2 Å². The Morgan fingerprint density at radius 3 is 2.58 bits per heavy atom. The van der Waals surface area contributed by atoms with Crippen LogP contribution in [0.15, 0.2) is 48.5 Å². The number of rotatable bonds is 4. The van der Waals surface area contributed by atoms with E-state index in [0.717, 1.165) is 16.8 Å². The molecule has 1 aliphatic rings. The van der Waals surface area contributed by atoms with E-state index in [1.54, 1.807) is 4.90 Å². The van der Waals surface area contributed by atoms with Crippen LogP contribution in [0, 0.1) is 19.8 Å². The highest BCUT2D eigenvalue weighted by Crippen LogP contribution is 2.22. The summed E-state index contributed by atoms with van der Waals surface area (Å²) in [5.74, 6) is -0.330. The molecule has 1 aliphatic heterocycles. The molecule has 1 atom stereocenters. The average molecular weight is 322 g/mol. The minimum absolute atomic E-state index is 0.0416. The van der Waals surface area contributed by atoms with Gasteiger partial charge in [-0.05, 0) is 37.1 Å². The number of carbonyl (C=O) groups is 2. The third kappa shape index (κ3) is 3.82. The molecular weight excluding hydrogens is 300 g/mol. The van der Waals surface area contributed by atoms with Crippen molar-refractivity contribution in [2.24, 2.45) is 5.92 Å². The normalized spacial score (nSPS) is 17.2. The molecule has 1 fully saturated rings. The Kier molecular flexibility index (Phi) is 4.65. The molecule has 24 heavy (non-hydrogen) atoms. The molecule has 2 aromatic carbocycles. The fourth-order valence-corrected chi connectivity index (χ4v) is 2.98. The molecule has 124 valence electrons. The van der Waals surface area contributed by atoms with Gasteiger partial charge in [0.15, 0.2) is 0 Å². The summed E-state index contributed by atoms with van der Waals surface area (Å²) in [5, 5.41) is 2.92. The van der Waals surface area contributed by atoms with Gasteiger partial charge in [-0.2, -0.15) is 0 Å². The highest BCUT2D eigenvalue weighted by Gasteiger charge is 2.34. The summed E-state index contributed by atoms with van der Waals surface area (Å²) >= 11 is 0. The number of benzene rings is 2. The molecule has 1 N–H and O–H groups in total. The number of aryl methyl sites for hydroxylation is 2. The number of hydrogen-bond donors (Lipinski definition) is 1. The van der Waals surface area contributed by atoms with Gasteiger partial charge in [0, 0.05) is 25.2 Å². The van der Waals surface area contributed by atoms with Gasteiger partial charge in [-0.25, -0.2) is 0 Å². The van der Waals surface area contributed by atoms with Crippen LogP contribution in [0.1, 0.15) is 23.1 Å². The fourth-order valence-electron chi connectivity index (χ4n) is 2.98. The van der Waals surface area contributed by atoms with Gasteiger partial charge in [0.1, 0.15) is 0 Å². The Labute approximate surface area is 142 Å². The number of likely N-dealkylation sites (tertiary alicyclic amines) is 1. The molecule has 0 saturated carbocycles. The van der Waals surface area contributed by atoms with Crippen molar-refractivity contribution in [3.63, 3.8) is 0 Å². The molecular formula is C20H22N2O2.